The van der Waals surface area contributed by atoms with Gasteiger partial charge in [0.1, 0.15) is 17.3 Å². The molecule has 29 heavy (non-hydrogen) atoms. The third kappa shape index (κ3) is 4.07. The van der Waals surface area contributed by atoms with Crippen LogP contribution in [-0.4, -0.2) is 26.9 Å². The number of carbonyl (C=O) groups is 2. The number of Topliss-reactive ketones (excluding diaryl/α,β-unsaturated/α-hetero) is 1. The molecule has 0 atom stereocenters. The molecule has 0 unspecified atom stereocenters. The summed E-state index contributed by atoms with van der Waals surface area (Å²) in [5, 5.41) is 29.0. The Morgan fingerprint density at radius 3 is 2.41 bits per heavy atom. The van der Waals surface area contributed by atoms with Crippen LogP contribution < -0.4 is 0 Å². The van der Waals surface area contributed by atoms with Crippen molar-refractivity contribution in [3.63, 3.8) is 0 Å². The van der Waals surface area contributed by atoms with Crippen LogP contribution in [0.4, 0.5) is 0 Å². The van der Waals surface area contributed by atoms with Gasteiger partial charge in [0.15, 0.2) is 11.5 Å². The minimum absolute atomic E-state index is 0.0896. The monoisotopic (exact) mass is 384 g/mol. The van der Waals surface area contributed by atoms with Crippen LogP contribution in [0.3, 0.4) is 0 Å². The van der Waals surface area contributed by atoms with Crippen molar-refractivity contribution in [2.75, 3.05) is 0 Å². The summed E-state index contributed by atoms with van der Waals surface area (Å²) < 4.78 is 0. The number of hydrogen-bond acceptors (Lipinski definition) is 5. The molecule has 1 aromatic heterocycles. The minimum Gasteiger partial charge on any atom is -0.504 e. The Balaban J connectivity index is 2.18. The zero-order chi connectivity index (χ0) is 21.0. The number of rotatable bonds is 4. The highest BCUT2D eigenvalue weighted by Gasteiger charge is 2.21. The predicted molar refractivity (Wildman–Crippen MR) is 106 cm³/mol. The van der Waals surface area contributed by atoms with Gasteiger partial charge in [-0.1, -0.05) is 42.2 Å². The molecule has 0 spiro atoms. The predicted octanol–water partition coefficient (Wildman–Crippen LogP) is 3.57. The van der Waals surface area contributed by atoms with Crippen LogP contribution in [0.5, 0.6) is 5.75 Å². The molecule has 0 fully saturated rings. The number of carboxylic acids is 1. The number of fused-ring (bicyclic) bond motifs is 1. The smallest absolute Gasteiger partial charge is 0.303 e. The molecule has 6 heteroatoms. The van der Waals surface area contributed by atoms with E-state index in [2.05, 4.69) is 16.8 Å². The van der Waals surface area contributed by atoms with Gasteiger partial charge >= 0.3 is 5.97 Å². The fraction of sp³-hybridized carbons (Fsp3) is 0.130. The molecule has 3 aromatic rings. The number of carbonyl (C=O) groups excluding carboxylic acids is 1. The fourth-order valence-electron chi connectivity index (χ4n) is 2.87. The zero-order valence-corrected chi connectivity index (χ0v) is 15.6. The van der Waals surface area contributed by atoms with Crippen LogP contribution in [0.25, 0.3) is 10.9 Å². The van der Waals surface area contributed by atoms with E-state index in [1.807, 2.05) is 37.3 Å². The number of para-hydroxylation sites is 1. The summed E-state index contributed by atoms with van der Waals surface area (Å²) in [4.78, 5) is 27.4. The highest BCUT2D eigenvalue weighted by molar-refractivity contribution is 6.03. The van der Waals surface area contributed by atoms with E-state index in [-0.39, 0.29) is 17.7 Å². The largest absolute Gasteiger partial charge is 0.504 e. The molecule has 0 bridgehead atoms. The van der Waals surface area contributed by atoms with Crippen LogP contribution >= 0.6 is 0 Å². The number of hydrogen-bond donors (Lipinski definition) is 2. The quantitative estimate of drug-likeness (QED) is 0.525. The van der Waals surface area contributed by atoms with Crippen molar-refractivity contribution >= 4 is 22.7 Å². The van der Waals surface area contributed by atoms with Crippen molar-refractivity contribution in [2.24, 2.45) is 0 Å². The zero-order valence-electron chi connectivity index (χ0n) is 15.6. The Morgan fingerprint density at radius 2 is 1.72 bits per heavy atom. The number of aromatic hydroxyl groups is 1. The number of nitrogens with zero attached hydrogens (tertiary/aromatic N) is 2. The number of ketones is 1. The first-order valence-electron chi connectivity index (χ1n) is 8.80. The van der Waals surface area contributed by atoms with Gasteiger partial charge in [-0.25, -0.2) is 4.98 Å². The molecule has 2 aromatic carbocycles. The summed E-state index contributed by atoms with van der Waals surface area (Å²) in [6, 6.07) is 14.5. The average molecular weight is 384 g/mol. The third-order valence-corrected chi connectivity index (χ3v) is 4.41. The molecule has 0 saturated heterocycles. The van der Waals surface area contributed by atoms with E-state index in [1.165, 1.54) is 0 Å². The lowest BCUT2D eigenvalue weighted by molar-refractivity contribution is -0.136. The maximum absolute atomic E-state index is 12.4. The molecular formula is C23H16N2O4. The number of aryl methyl sites for hydroxylation is 1. The normalized spacial score (nSPS) is 10.1. The molecule has 1 heterocycles. The minimum atomic E-state index is -1.14. The Morgan fingerprint density at radius 1 is 1.03 bits per heavy atom. The van der Waals surface area contributed by atoms with Gasteiger partial charge in [-0.05, 0) is 24.6 Å². The summed E-state index contributed by atoms with van der Waals surface area (Å²) in [6.07, 6.45) is -0.724. The summed E-state index contributed by atoms with van der Waals surface area (Å²) in [6.45, 7) is 1.94. The number of benzene rings is 2. The molecule has 0 radical (unpaired) electrons. The Hall–Kier alpha value is -4.16. The Bertz CT molecular complexity index is 1240. The number of aromatic nitrogens is 1. The first kappa shape index (κ1) is 19.6. The molecule has 0 aliphatic heterocycles. The van der Waals surface area contributed by atoms with Crippen LogP contribution in [0.15, 0.2) is 42.5 Å². The van der Waals surface area contributed by atoms with Gasteiger partial charge in [0.05, 0.1) is 17.5 Å². The van der Waals surface area contributed by atoms with Crippen LogP contribution in [-0.2, 0) is 4.79 Å². The van der Waals surface area contributed by atoms with E-state index in [4.69, 9.17) is 5.11 Å². The van der Waals surface area contributed by atoms with Gasteiger partial charge in [0, 0.05) is 17.4 Å². The van der Waals surface area contributed by atoms with Gasteiger partial charge < -0.3 is 10.2 Å². The lowest BCUT2D eigenvalue weighted by Gasteiger charge is -2.09. The van der Waals surface area contributed by atoms with Crippen molar-refractivity contribution in [1.29, 1.82) is 5.26 Å². The summed E-state index contributed by atoms with van der Waals surface area (Å²) in [7, 11) is 0. The molecule has 6 nitrogen and oxygen atoms in total. The Kier molecular flexibility index (Phi) is 5.57. The van der Waals surface area contributed by atoms with Crippen LogP contribution in [0, 0.1) is 30.1 Å². The second-order valence-corrected chi connectivity index (χ2v) is 6.38. The summed E-state index contributed by atoms with van der Waals surface area (Å²) in [5.41, 5.74) is 2.24. The lowest BCUT2D eigenvalue weighted by atomic mass is 10.0. The van der Waals surface area contributed by atoms with E-state index >= 15 is 0 Å². The second-order valence-electron chi connectivity index (χ2n) is 6.38. The van der Waals surface area contributed by atoms with E-state index in [1.54, 1.807) is 18.2 Å². The van der Waals surface area contributed by atoms with Crippen molar-refractivity contribution in [1.82, 2.24) is 4.98 Å². The van der Waals surface area contributed by atoms with Crippen LogP contribution in [0.1, 0.15) is 45.6 Å². The molecule has 0 saturated carbocycles. The van der Waals surface area contributed by atoms with Gasteiger partial charge in [0.2, 0.25) is 0 Å². The van der Waals surface area contributed by atoms with Crippen molar-refractivity contribution in [3.05, 3.63) is 70.4 Å². The van der Waals surface area contributed by atoms with Gasteiger partial charge in [0.25, 0.3) is 0 Å². The van der Waals surface area contributed by atoms with E-state index in [9.17, 15) is 20.0 Å². The number of carboxylic acid groups (broad SMARTS) is 1. The maximum Gasteiger partial charge on any atom is 0.303 e. The standard InChI is InChI=1S/C23H16N2O4/c1-14-5-2-3-6-15(14)9-10-16-7-4-8-17-18(13-24)23(29)22(25-21(16)17)19(26)11-12-20(27)28/h2-8,29H,11-12H2,1H3,(H,27,28). The first-order valence-corrected chi connectivity index (χ1v) is 8.80. The molecule has 0 aliphatic carbocycles. The Labute approximate surface area is 167 Å². The van der Waals surface area contributed by atoms with Crippen molar-refractivity contribution < 1.29 is 19.8 Å². The van der Waals surface area contributed by atoms with Gasteiger partial charge in [-0.3, -0.25) is 9.59 Å². The lowest BCUT2D eigenvalue weighted by Crippen LogP contribution is -2.08. The van der Waals surface area contributed by atoms with E-state index in [0.717, 1.165) is 11.1 Å². The number of nitriles is 1. The number of pyridine rings is 1. The maximum atomic E-state index is 12.4. The van der Waals surface area contributed by atoms with E-state index in [0.29, 0.717) is 16.5 Å². The third-order valence-electron chi connectivity index (χ3n) is 4.41. The topological polar surface area (TPSA) is 111 Å². The van der Waals surface area contributed by atoms with Gasteiger partial charge in [-0.2, -0.15) is 5.26 Å². The van der Waals surface area contributed by atoms with Crippen molar-refractivity contribution in [2.45, 2.75) is 19.8 Å². The molecule has 142 valence electrons. The highest BCUT2D eigenvalue weighted by atomic mass is 16.4. The van der Waals surface area contributed by atoms with E-state index < -0.39 is 23.9 Å². The molecule has 0 amide bonds. The molecule has 3 rings (SSSR count). The average Bonchev–Trinajstić information content (AvgIpc) is 2.71. The summed E-state index contributed by atoms with van der Waals surface area (Å²) in [5.74, 6) is 3.76. The summed E-state index contributed by atoms with van der Waals surface area (Å²) >= 11 is 0. The highest BCUT2D eigenvalue weighted by Crippen LogP contribution is 2.30. The number of aliphatic carboxylic acids is 1. The second kappa shape index (κ2) is 8.24. The first-order chi connectivity index (χ1) is 13.9. The SMILES string of the molecule is Cc1ccccc1C#Cc1cccc2c(C#N)c(O)c(C(=O)CCC(=O)O)nc12. The molecule has 2 N–H and O–H groups in total. The molecule has 0 aliphatic rings. The van der Waals surface area contributed by atoms with Crippen molar-refractivity contribution in [3.8, 4) is 23.7 Å². The molecular weight excluding hydrogens is 368 g/mol. The van der Waals surface area contributed by atoms with Crippen LogP contribution in [0.2, 0.25) is 0 Å². The van der Waals surface area contributed by atoms with Gasteiger partial charge in [-0.15, -0.1) is 0 Å². The fourth-order valence-corrected chi connectivity index (χ4v) is 2.87.